The minimum atomic E-state index is -0.409. The van der Waals surface area contributed by atoms with Crippen LogP contribution in [-0.2, 0) is 0 Å². The highest BCUT2D eigenvalue weighted by atomic mass is 16.2. The molecule has 0 bridgehead atoms. The summed E-state index contributed by atoms with van der Waals surface area (Å²) in [5, 5.41) is 4.17. The predicted molar refractivity (Wildman–Crippen MR) is 89.8 cm³/mol. The van der Waals surface area contributed by atoms with Crippen LogP contribution < -0.4 is 5.69 Å². The molecule has 0 spiro atoms. The van der Waals surface area contributed by atoms with E-state index in [0.717, 1.165) is 0 Å². The lowest BCUT2D eigenvalue weighted by atomic mass is 10.1. The van der Waals surface area contributed by atoms with Gasteiger partial charge < -0.3 is 4.90 Å². The minimum absolute atomic E-state index is 0.0835. The van der Waals surface area contributed by atoms with Crippen LogP contribution in [0.3, 0.4) is 0 Å². The topological polar surface area (TPSA) is 71.0 Å². The highest BCUT2D eigenvalue weighted by Crippen LogP contribution is 2.08. The second-order valence-electron chi connectivity index (χ2n) is 6.52. The van der Waals surface area contributed by atoms with Gasteiger partial charge in [-0.2, -0.15) is 4.68 Å². The van der Waals surface area contributed by atoms with E-state index in [1.807, 2.05) is 18.2 Å². The van der Waals surface area contributed by atoms with Crippen molar-refractivity contribution in [1.82, 2.24) is 19.7 Å². The number of benzene rings is 1. The van der Waals surface area contributed by atoms with Gasteiger partial charge in [-0.25, -0.2) is 4.79 Å². The van der Waals surface area contributed by atoms with E-state index >= 15 is 0 Å². The quantitative estimate of drug-likeness (QED) is 0.889. The van der Waals surface area contributed by atoms with Crippen LogP contribution in [0.5, 0.6) is 0 Å². The highest BCUT2D eigenvalue weighted by Gasteiger charge is 2.22. The molecule has 1 aromatic heterocycles. The largest absolute Gasteiger partial charge is 0.348 e. The number of hydrogen-bond acceptors (Lipinski definition) is 3. The number of amides is 1. The lowest BCUT2D eigenvalue weighted by Gasteiger charge is -2.25. The summed E-state index contributed by atoms with van der Waals surface area (Å²) in [7, 11) is 0. The number of nitrogens with zero attached hydrogens (tertiary/aromatic N) is 3. The van der Waals surface area contributed by atoms with E-state index in [4.69, 9.17) is 0 Å². The number of nitrogens with one attached hydrogen (secondary N) is 1. The van der Waals surface area contributed by atoms with Gasteiger partial charge >= 0.3 is 5.69 Å². The van der Waals surface area contributed by atoms with E-state index in [2.05, 4.69) is 37.8 Å². The van der Waals surface area contributed by atoms with Crippen LogP contribution >= 0.6 is 0 Å². The third-order valence-electron chi connectivity index (χ3n) is 3.28. The molecule has 2 aromatic rings. The molecule has 1 amide bonds. The van der Waals surface area contributed by atoms with E-state index in [-0.39, 0.29) is 11.7 Å². The second-order valence-corrected chi connectivity index (χ2v) is 6.52. The monoisotopic (exact) mass is 316 g/mol. The van der Waals surface area contributed by atoms with Crippen LogP contribution in [0.1, 0.15) is 38.3 Å². The summed E-state index contributed by atoms with van der Waals surface area (Å²) in [5.41, 5.74) is 0.223. The average molecular weight is 316 g/mol. The van der Waals surface area contributed by atoms with E-state index in [1.165, 1.54) is 4.68 Å². The van der Waals surface area contributed by atoms with Crippen molar-refractivity contribution in [3.63, 3.8) is 0 Å². The van der Waals surface area contributed by atoms with Crippen LogP contribution in [0, 0.1) is 11.8 Å². The number of aromatic nitrogens is 3. The molecule has 0 aliphatic rings. The van der Waals surface area contributed by atoms with Crippen LogP contribution in [0.25, 0.3) is 5.69 Å². The highest BCUT2D eigenvalue weighted by molar-refractivity contribution is 5.90. The molecule has 0 atom stereocenters. The van der Waals surface area contributed by atoms with Gasteiger partial charge in [-0.15, -0.1) is 5.10 Å². The summed E-state index contributed by atoms with van der Waals surface area (Å²) in [4.78, 5) is 29.1. The maximum Gasteiger partial charge on any atom is 0.348 e. The van der Waals surface area contributed by atoms with Gasteiger partial charge in [0.25, 0.3) is 5.91 Å². The zero-order valence-electron chi connectivity index (χ0n) is 14.1. The Kier molecular flexibility index (Phi) is 5.36. The SMILES string of the molecule is CC(C)CN(CC(C)C)C(=O)c1nn(-c2ccccc2)c(=O)[nH]1. The van der Waals surface area contributed by atoms with Crippen LogP contribution in [-0.4, -0.2) is 38.7 Å². The molecular weight excluding hydrogens is 292 g/mol. The van der Waals surface area contributed by atoms with Crippen molar-refractivity contribution < 1.29 is 4.79 Å². The van der Waals surface area contributed by atoms with Crippen LogP contribution in [0.4, 0.5) is 0 Å². The second kappa shape index (κ2) is 7.26. The summed E-state index contributed by atoms with van der Waals surface area (Å²) >= 11 is 0. The Bertz CT molecular complexity index is 691. The molecular formula is C17H24N4O2. The van der Waals surface area contributed by atoms with Crippen molar-refractivity contribution in [3.05, 3.63) is 46.6 Å². The summed E-state index contributed by atoms with van der Waals surface area (Å²) < 4.78 is 1.22. The predicted octanol–water partition coefficient (Wildman–Crippen LogP) is 2.31. The number of aromatic amines is 1. The molecule has 0 saturated heterocycles. The molecule has 0 aliphatic carbocycles. The number of carbonyl (C=O) groups excluding carboxylic acids is 1. The van der Waals surface area contributed by atoms with E-state index in [9.17, 15) is 9.59 Å². The molecule has 0 saturated carbocycles. The van der Waals surface area contributed by atoms with Gasteiger partial charge in [-0.3, -0.25) is 9.78 Å². The van der Waals surface area contributed by atoms with Gasteiger partial charge in [0.05, 0.1) is 5.69 Å². The third kappa shape index (κ3) is 4.31. The smallest absolute Gasteiger partial charge is 0.335 e. The van der Waals surface area contributed by atoms with Crippen molar-refractivity contribution in [3.8, 4) is 5.69 Å². The van der Waals surface area contributed by atoms with E-state index < -0.39 is 5.69 Å². The van der Waals surface area contributed by atoms with Crippen molar-refractivity contribution >= 4 is 5.91 Å². The van der Waals surface area contributed by atoms with Crippen molar-refractivity contribution in [2.45, 2.75) is 27.7 Å². The molecule has 0 radical (unpaired) electrons. The number of carbonyl (C=O) groups is 1. The first-order valence-corrected chi connectivity index (χ1v) is 7.92. The first-order chi connectivity index (χ1) is 10.9. The standard InChI is InChI=1S/C17H24N4O2/c1-12(2)10-20(11-13(3)4)16(22)15-18-17(23)21(19-15)14-8-6-5-7-9-14/h5-9,12-13H,10-11H2,1-4H3,(H,18,19,23). The van der Waals surface area contributed by atoms with Gasteiger partial charge in [-0.1, -0.05) is 45.9 Å². The Balaban J connectivity index is 2.30. The summed E-state index contributed by atoms with van der Waals surface area (Å²) in [5.74, 6) is 0.542. The molecule has 0 unspecified atom stereocenters. The van der Waals surface area contributed by atoms with Crippen LogP contribution in [0.2, 0.25) is 0 Å². The Labute approximate surface area is 136 Å². The molecule has 1 heterocycles. The zero-order chi connectivity index (χ0) is 17.0. The summed E-state index contributed by atoms with van der Waals surface area (Å²) in [6.45, 7) is 9.52. The molecule has 1 N–H and O–H groups in total. The normalized spacial score (nSPS) is 11.2. The molecule has 23 heavy (non-hydrogen) atoms. The molecule has 2 rings (SSSR count). The molecule has 124 valence electrons. The lowest BCUT2D eigenvalue weighted by molar-refractivity contribution is 0.0702. The van der Waals surface area contributed by atoms with Gasteiger partial charge in [0, 0.05) is 13.1 Å². The van der Waals surface area contributed by atoms with Crippen molar-refractivity contribution in [1.29, 1.82) is 0 Å². The first kappa shape index (κ1) is 17.0. The Morgan fingerprint density at radius 3 is 2.22 bits per heavy atom. The van der Waals surface area contributed by atoms with E-state index in [1.54, 1.807) is 17.0 Å². The number of para-hydroxylation sites is 1. The Morgan fingerprint density at radius 2 is 1.70 bits per heavy atom. The summed E-state index contributed by atoms with van der Waals surface area (Å²) in [6.07, 6.45) is 0. The van der Waals surface area contributed by atoms with Crippen molar-refractivity contribution in [2.24, 2.45) is 11.8 Å². The molecule has 6 heteroatoms. The van der Waals surface area contributed by atoms with Gasteiger partial charge in [-0.05, 0) is 24.0 Å². The zero-order valence-corrected chi connectivity index (χ0v) is 14.1. The average Bonchev–Trinajstić information content (AvgIpc) is 2.87. The van der Waals surface area contributed by atoms with Crippen LogP contribution in [0.15, 0.2) is 35.1 Å². The van der Waals surface area contributed by atoms with Gasteiger partial charge in [0.2, 0.25) is 5.82 Å². The number of rotatable bonds is 6. The minimum Gasteiger partial charge on any atom is -0.335 e. The Morgan fingerprint density at radius 1 is 1.13 bits per heavy atom. The fraction of sp³-hybridized carbons (Fsp3) is 0.471. The van der Waals surface area contributed by atoms with E-state index in [0.29, 0.717) is 30.6 Å². The molecule has 6 nitrogen and oxygen atoms in total. The maximum absolute atomic E-state index is 12.7. The molecule has 0 aliphatic heterocycles. The molecule has 0 fully saturated rings. The maximum atomic E-state index is 12.7. The molecule has 1 aromatic carbocycles. The Hall–Kier alpha value is -2.37. The summed E-state index contributed by atoms with van der Waals surface area (Å²) in [6, 6.07) is 9.05. The fourth-order valence-electron chi connectivity index (χ4n) is 2.44. The van der Waals surface area contributed by atoms with Crippen molar-refractivity contribution in [2.75, 3.05) is 13.1 Å². The lowest BCUT2D eigenvalue weighted by Crippen LogP contribution is -2.37. The fourth-order valence-corrected chi connectivity index (χ4v) is 2.44. The third-order valence-corrected chi connectivity index (χ3v) is 3.28. The van der Waals surface area contributed by atoms with Gasteiger partial charge in [0.15, 0.2) is 0 Å². The number of H-pyrrole nitrogens is 1. The van der Waals surface area contributed by atoms with Gasteiger partial charge in [0.1, 0.15) is 0 Å². The number of hydrogen-bond donors (Lipinski definition) is 1. The first-order valence-electron chi connectivity index (χ1n) is 7.92.